The summed E-state index contributed by atoms with van der Waals surface area (Å²) in [6, 6.07) is 15.4. The van der Waals surface area contributed by atoms with Crippen LogP contribution in [-0.4, -0.2) is 15.7 Å². The number of nitrogens with zero attached hydrogens (tertiary/aromatic N) is 2. The van der Waals surface area contributed by atoms with E-state index in [1.54, 1.807) is 19.3 Å². The zero-order chi connectivity index (χ0) is 20.1. The third-order valence-corrected chi connectivity index (χ3v) is 5.09. The third kappa shape index (κ3) is 4.86. The molecule has 3 rings (SSSR count). The summed E-state index contributed by atoms with van der Waals surface area (Å²) in [5, 5.41) is 10.1. The van der Waals surface area contributed by atoms with Crippen LogP contribution in [0.2, 0.25) is 0 Å². The average molecular weight is 441 g/mol. The summed E-state index contributed by atoms with van der Waals surface area (Å²) in [6.45, 7) is 2.98. The predicted molar refractivity (Wildman–Crippen MR) is 113 cm³/mol. The summed E-state index contributed by atoms with van der Waals surface area (Å²) in [5.74, 6) is -0.126. The Hall–Kier alpha value is -2.93. The van der Waals surface area contributed by atoms with Crippen molar-refractivity contribution in [2.45, 2.75) is 20.0 Å². The van der Waals surface area contributed by atoms with Gasteiger partial charge in [-0.3, -0.25) is 9.59 Å². The minimum Gasteiger partial charge on any atom is -0.379 e. The number of nitrogens with one attached hydrogen (secondary N) is 2. The molecule has 2 N–H and O–H groups in total. The smallest absolute Gasteiger partial charge is 0.282 e. The molecule has 28 heavy (non-hydrogen) atoms. The van der Waals surface area contributed by atoms with Crippen LogP contribution in [0.1, 0.15) is 27.0 Å². The largest absolute Gasteiger partial charge is 0.379 e. The minimum absolute atomic E-state index is 0.126. The lowest BCUT2D eigenvalue weighted by molar-refractivity contribution is 0.0951. The van der Waals surface area contributed by atoms with E-state index in [0.717, 1.165) is 11.1 Å². The highest BCUT2D eigenvalue weighted by molar-refractivity contribution is 9.10. The van der Waals surface area contributed by atoms with Crippen molar-refractivity contribution in [3.05, 3.63) is 91.8 Å². The Bertz CT molecular complexity index is 1050. The molecule has 0 bridgehead atoms. The van der Waals surface area contributed by atoms with E-state index < -0.39 is 0 Å². The quantitative estimate of drug-likeness (QED) is 0.615. The molecule has 0 spiro atoms. The number of anilines is 1. The van der Waals surface area contributed by atoms with Gasteiger partial charge in [-0.15, -0.1) is 0 Å². The molecule has 0 radical (unpaired) electrons. The first-order valence-electron chi connectivity index (χ1n) is 8.82. The molecule has 6 nitrogen and oxygen atoms in total. The number of carbonyl (C=O) groups excluding carboxylic acids is 1. The highest BCUT2D eigenvalue weighted by Gasteiger charge is 2.09. The number of benzene rings is 2. The van der Waals surface area contributed by atoms with Crippen LogP contribution in [0.4, 0.5) is 5.69 Å². The average Bonchev–Trinajstić information content (AvgIpc) is 2.71. The Labute approximate surface area is 171 Å². The van der Waals surface area contributed by atoms with Crippen LogP contribution >= 0.6 is 15.9 Å². The van der Waals surface area contributed by atoms with E-state index in [9.17, 15) is 9.59 Å². The van der Waals surface area contributed by atoms with Crippen molar-refractivity contribution in [2.75, 3.05) is 5.32 Å². The number of aryl methyl sites for hydroxylation is 2. The van der Waals surface area contributed by atoms with E-state index in [1.807, 2.05) is 49.4 Å². The lowest BCUT2D eigenvalue weighted by Gasteiger charge is -2.10. The normalized spacial score (nSPS) is 10.5. The summed E-state index contributed by atoms with van der Waals surface area (Å²) in [7, 11) is 1.59. The van der Waals surface area contributed by atoms with Gasteiger partial charge in [-0.2, -0.15) is 5.10 Å². The number of aromatic nitrogens is 2. The number of hydrogen-bond acceptors (Lipinski definition) is 4. The van der Waals surface area contributed by atoms with Crippen molar-refractivity contribution in [3.63, 3.8) is 0 Å². The Balaban J connectivity index is 1.63. The molecule has 1 heterocycles. The molecule has 7 heteroatoms. The molecule has 0 aliphatic heterocycles. The second-order valence-electron chi connectivity index (χ2n) is 6.52. The Morgan fingerprint density at radius 1 is 1.11 bits per heavy atom. The van der Waals surface area contributed by atoms with Crippen molar-refractivity contribution in [3.8, 4) is 0 Å². The molecular weight excluding hydrogens is 420 g/mol. The summed E-state index contributed by atoms with van der Waals surface area (Å²) < 4.78 is 1.69. The van der Waals surface area contributed by atoms with E-state index in [4.69, 9.17) is 0 Å². The predicted octanol–water partition coefficient (Wildman–Crippen LogP) is 3.39. The molecule has 3 aromatic rings. The fourth-order valence-corrected chi connectivity index (χ4v) is 3.14. The van der Waals surface area contributed by atoms with Gasteiger partial charge in [0.2, 0.25) is 0 Å². The Morgan fingerprint density at radius 2 is 1.86 bits per heavy atom. The SMILES string of the molecule is Cc1ccc(CNC(=O)c2cccc(CNc3cnn(C)c(=O)c3Br)c2)cc1. The van der Waals surface area contributed by atoms with Crippen LogP contribution in [0.5, 0.6) is 0 Å². The van der Waals surface area contributed by atoms with Crippen LogP contribution in [0.15, 0.2) is 64.0 Å². The van der Waals surface area contributed by atoms with Gasteiger partial charge in [0.05, 0.1) is 11.9 Å². The Morgan fingerprint density at radius 3 is 2.61 bits per heavy atom. The maximum absolute atomic E-state index is 12.5. The molecule has 144 valence electrons. The van der Waals surface area contributed by atoms with Crippen molar-refractivity contribution >= 4 is 27.5 Å². The van der Waals surface area contributed by atoms with Crippen LogP contribution in [0.25, 0.3) is 0 Å². The molecule has 1 aromatic heterocycles. The van der Waals surface area contributed by atoms with Crippen LogP contribution in [-0.2, 0) is 20.1 Å². The van der Waals surface area contributed by atoms with E-state index in [1.165, 1.54) is 10.2 Å². The first kappa shape index (κ1) is 19.8. The number of carbonyl (C=O) groups is 1. The highest BCUT2D eigenvalue weighted by atomic mass is 79.9. The maximum atomic E-state index is 12.5. The Kier molecular flexibility index (Phi) is 6.26. The topological polar surface area (TPSA) is 76.0 Å². The molecule has 0 aliphatic carbocycles. The van der Waals surface area contributed by atoms with E-state index in [-0.39, 0.29) is 11.5 Å². The third-order valence-electron chi connectivity index (χ3n) is 4.32. The summed E-state index contributed by atoms with van der Waals surface area (Å²) in [4.78, 5) is 24.4. The molecule has 0 fully saturated rings. The lowest BCUT2D eigenvalue weighted by atomic mass is 10.1. The summed E-state index contributed by atoms with van der Waals surface area (Å²) >= 11 is 3.29. The fraction of sp³-hybridized carbons (Fsp3) is 0.190. The molecule has 0 unspecified atom stereocenters. The second-order valence-corrected chi connectivity index (χ2v) is 7.32. The van der Waals surface area contributed by atoms with Crippen molar-refractivity contribution < 1.29 is 4.79 Å². The number of hydrogen-bond donors (Lipinski definition) is 2. The lowest BCUT2D eigenvalue weighted by Crippen LogP contribution is -2.23. The van der Waals surface area contributed by atoms with Gasteiger partial charge in [-0.05, 0) is 46.1 Å². The molecular formula is C21H21BrN4O2. The first-order chi connectivity index (χ1) is 13.4. The molecule has 0 saturated carbocycles. The zero-order valence-electron chi connectivity index (χ0n) is 15.7. The van der Waals surface area contributed by atoms with E-state index >= 15 is 0 Å². The van der Waals surface area contributed by atoms with E-state index in [0.29, 0.717) is 28.8 Å². The first-order valence-corrected chi connectivity index (χ1v) is 9.61. The van der Waals surface area contributed by atoms with Gasteiger partial charge in [0, 0.05) is 25.7 Å². The summed E-state index contributed by atoms with van der Waals surface area (Å²) in [6.07, 6.45) is 1.59. The molecule has 0 saturated heterocycles. The van der Waals surface area contributed by atoms with Gasteiger partial charge in [0.25, 0.3) is 11.5 Å². The van der Waals surface area contributed by atoms with Crippen molar-refractivity contribution in [1.82, 2.24) is 15.1 Å². The zero-order valence-corrected chi connectivity index (χ0v) is 17.3. The number of rotatable bonds is 6. The van der Waals surface area contributed by atoms with Gasteiger partial charge in [0.1, 0.15) is 4.47 Å². The number of halogens is 1. The molecule has 0 aliphatic rings. The van der Waals surface area contributed by atoms with Crippen molar-refractivity contribution in [2.24, 2.45) is 7.05 Å². The minimum atomic E-state index is -0.214. The van der Waals surface area contributed by atoms with Gasteiger partial charge >= 0.3 is 0 Å². The standard InChI is InChI=1S/C21H21BrN4O2/c1-14-6-8-15(9-7-14)11-24-20(27)17-5-3-4-16(10-17)12-23-18-13-25-26(2)21(28)19(18)22/h3-10,13,23H,11-12H2,1-2H3,(H,24,27). The van der Waals surface area contributed by atoms with Crippen LogP contribution in [0.3, 0.4) is 0 Å². The fourth-order valence-electron chi connectivity index (χ4n) is 2.64. The van der Waals surface area contributed by atoms with Gasteiger partial charge < -0.3 is 10.6 Å². The second kappa shape index (κ2) is 8.84. The van der Waals surface area contributed by atoms with Crippen LogP contribution in [0, 0.1) is 6.92 Å². The molecule has 2 aromatic carbocycles. The van der Waals surface area contributed by atoms with Gasteiger partial charge in [-0.25, -0.2) is 4.68 Å². The van der Waals surface area contributed by atoms with E-state index in [2.05, 4.69) is 31.7 Å². The van der Waals surface area contributed by atoms with Crippen molar-refractivity contribution in [1.29, 1.82) is 0 Å². The molecule has 0 atom stereocenters. The van der Waals surface area contributed by atoms with Crippen LogP contribution < -0.4 is 16.2 Å². The molecule has 1 amide bonds. The highest BCUT2D eigenvalue weighted by Crippen LogP contribution is 2.17. The number of amides is 1. The monoisotopic (exact) mass is 440 g/mol. The van der Waals surface area contributed by atoms with Gasteiger partial charge in [0.15, 0.2) is 0 Å². The maximum Gasteiger partial charge on any atom is 0.282 e. The van der Waals surface area contributed by atoms with Gasteiger partial charge in [-0.1, -0.05) is 42.0 Å². The summed E-state index contributed by atoms with van der Waals surface area (Å²) in [5.41, 5.74) is 4.16.